The van der Waals surface area contributed by atoms with E-state index in [0.29, 0.717) is 17.0 Å². The third-order valence-corrected chi connectivity index (χ3v) is 6.34. The molecule has 1 aliphatic carbocycles. The number of hydrogen-bond acceptors (Lipinski definition) is 4. The first-order valence-electron chi connectivity index (χ1n) is 10.2. The molecule has 0 bridgehead atoms. The standard InChI is InChI=1S/C24H26N2O2S/c1-26(20-15-9-4-10-16-20)21(27)17-29-24-25-22(18-11-5-2-6-12-18)23(28-24)19-13-7-3-8-14-19/h2-3,5-8,11-14,20H,4,9-10,15-17H2,1H3. The van der Waals surface area contributed by atoms with Crippen LogP contribution in [0.15, 0.2) is 70.3 Å². The Morgan fingerprint density at radius 1 is 1.00 bits per heavy atom. The van der Waals surface area contributed by atoms with Gasteiger partial charge >= 0.3 is 0 Å². The monoisotopic (exact) mass is 406 g/mol. The summed E-state index contributed by atoms with van der Waals surface area (Å²) < 4.78 is 6.11. The molecule has 0 N–H and O–H groups in total. The molecule has 1 saturated carbocycles. The maximum absolute atomic E-state index is 12.7. The van der Waals surface area contributed by atoms with Crippen LogP contribution in [0.5, 0.6) is 0 Å². The summed E-state index contributed by atoms with van der Waals surface area (Å²) in [4.78, 5) is 19.3. The second-order valence-corrected chi connectivity index (χ2v) is 8.40. The first kappa shape index (κ1) is 19.8. The van der Waals surface area contributed by atoms with E-state index >= 15 is 0 Å². The normalized spacial score (nSPS) is 14.7. The highest BCUT2D eigenvalue weighted by Gasteiger charge is 2.23. The summed E-state index contributed by atoms with van der Waals surface area (Å²) in [6.45, 7) is 0. The topological polar surface area (TPSA) is 46.3 Å². The molecule has 4 rings (SSSR count). The van der Waals surface area contributed by atoms with E-state index in [2.05, 4.69) is 0 Å². The molecule has 5 heteroatoms. The average molecular weight is 407 g/mol. The first-order chi connectivity index (χ1) is 14.2. The summed E-state index contributed by atoms with van der Waals surface area (Å²) in [6.07, 6.45) is 5.95. The number of carbonyl (C=O) groups excluding carboxylic acids is 1. The van der Waals surface area contributed by atoms with E-state index in [1.807, 2.05) is 72.6 Å². The zero-order chi connectivity index (χ0) is 20.1. The summed E-state index contributed by atoms with van der Waals surface area (Å²) in [6, 6.07) is 20.4. The number of thioether (sulfide) groups is 1. The van der Waals surface area contributed by atoms with Crippen molar-refractivity contribution in [2.45, 2.75) is 43.4 Å². The number of benzene rings is 2. The van der Waals surface area contributed by atoms with E-state index in [1.165, 1.54) is 31.0 Å². The minimum Gasteiger partial charge on any atom is -0.431 e. The van der Waals surface area contributed by atoms with Gasteiger partial charge < -0.3 is 9.32 Å². The van der Waals surface area contributed by atoms with Crippen LogP contribution in [-0.2, 0) is 4.79 Å². The lowest BCUT2D eigenvalue weighted by atomic mass is 9.94. The quantitative estimate of drug-likeness (QED) is 0.479. The van der Waals surface area contributed by atoms with Crippen molar-refractivity contribution in [3.05, 3.63) is 60.7 Å². The van der Waals surface area contributed by atoms with Crippen LogP contribution in [0.2, 0.25) is 0 Å². The molecule has 29 heavy (non-hydrogen) atoms. The Balaban J connectivity index is 1.52. The summed E-state index contributed by atoms with van der Waals surface area (Å²) in [5.41, 5.74) is 2.80. The van der Waals surface area contributed by atoms with Gasteiger partial charge in [0.05, 0.1) is 5.75 Å². The van der Waals surface area contributed by atoms with Crippen LogP contribution in [0, 0.1) is 0 Å². The molecule has 2 aromatic carbocycles. The zero-order valence-electron chi connectivity index (χ0n) is 16.7. The molecule has 1 amide bonds. The van der Waals surface area contributed by atoms with Gasteiger partial charge in [-0.05, 0) is 12.8 Å². The summed E-state index contributed by atoms with van der Waals surface area (Å²) in [5.74, 6) is 1.23. The van der Waals surface area contributed by atoms with Gasteiger partial charge in [0.1, 0.15) is 5.69 Å². The largest absolute Gasteiger partial charge is 0.431 e. The second kappa shape index (κ2) is 9.31. The predicted molar refractivity (Wildman–Crippen MR) is 118 cm³/mol. The van der Waals surface area contributed by atoms with Gasteiger partial charge in [-0.15, -0.1) is 0 Å². The molecule has 0 radical (unpaired) electrons. The Kier molecular flexibility index (Phi) is 6.35. The van der Waals surface area contributed by atoms with Crippen LogP contribution in [0.25, 0.3) is 22.6 Å². The van der Waals surface area contributed by atoms with Crippen molar-refractivity contribution in [2.75, 3.05) is 12.8 Å². The molecule has 0 unspecified atom stereocenters. The lowest BCUT2D eigenvalue weighted by Gasteiger charge is -2.31. The number of aromatic nitrogens is 1. The highest BCUT2D eigenvalue weighted by molar-refractivity contribution is 7.99. The van der Waals surface area contributed by atoms with Crippen molar-refractivity contribution in [2.24, 2.45) is 0 Å². The van der Waals surface area contributed by atoms with Crippen LogP contribution in [0.1, 0.15) is 32.1 Å². The van der Waals surface area contributed by atoms with Crippen LogP contribution < -0.4 is 0 Å². The average Bonchev–Trinajstić information content (AvgIpc) is 3.23. The lowest BCUT2D eigenvalue weighted by molar-refractivity contribution is -0.129. The smallest absolute Gasteiger partial charge is 0.257 e. The highest BCUT2D eigenvalue weighted by Crippen LogP contribution is 2.35. The van der Waals surface area contributed by atoms with E-state index < -0.39 is 0 Å². The fourth-order valence-corrected chi connectivity index (χ4v) is 4.59. The predicted octanol–water partition coefficient (Wildman–Crippen LogP) is 5.89. The van der Waals surface area contributed by atoms with Gasteiger partial charge in [0, 0.05) is 24.2 Å². The zero-order valence-corrected chi connectivity index (χ0v) is 17.5. The third-order valence-electron chi connectivity index (χ3n) is 5.53. The molecular formula is C24H26N2O2S. The van der Waals surface area contributed by atoms with E-state index in [9.17, 15) is 4.79 Å². The maximum Gasteiger partial charge on any atom is 0.257 e. The molecule has 150 valence electrons. The van der Waals surface area contributed by atoms with Crippen molar-refractivity contribution < 1.29 is 9.21 Å². The van der Waals surface area contributed by atoms with Crippen LogP contribution in [0.4, 0.5) is 0 Å². The van der Waals surface area contributed by atoms with Crippen molar-refractivity contribution in [1.29, 1.82) is 0 Å². The van der Waals surface area contributed by atoms with E-state index in [1.54, 1.807) is 0 Å². The summed E-state index contributed by atoms with van der Waals surface area (Å²) >= 11 is 1.38. The molecule has 1 heterocycles. The maximum atomic E-state index is 12.7. The van der Waals surface area contributed by atoms with Gasteiger partial charge in [-0.2, -0.15) is 0 Å². The Morgan fingerprint density at radius 2 is 1.62 bits per heavy atom. The number of carbonyl (C=O) groups is 1. The van der Waals surface area contributed by atoms with Crippen molar-refractivity contribution in [3.63, 3.8) is 0 Å². The third kappa shape index (κ3) is 4.73. The minimum atomic E-state index is 0.141. The van der Waals surface area contributed by atoms with Crippen molar-refractivity contribution in [3.8, 4) is 22.6 Å². The SMILES string of the molecule is CN(C(=O)CSc1nc(-c2ccccc2)c(-c2ccccc2)o1)C1CCCCC1. The summed E-state index contributed by atoms with van der Waals surface area (Å²) in [5, 5.41) is 0.535. The number of nitrogens with zero attached hydrogens (tertiary/aromatic N) is 2. The van der Waals surface area contributed by atoms with E-state index in [-0.39, 0.29) is 5.91 Å². The second-order valence-electron chi connectivity index (χ2n) is 7.47. The summed E-state index contributed by atoms with van der Waals surface area (Å²) in [7, 11) is 1.93. The molecular weight excluding hydrogens is 380 g/mol. The number of rotatable bonds is 6. The fraction of sp³-hybridized carbons (Fsp3) is 0.333. The van der Waals surface area contributed by atoms with Crippen molar-refractivity contribution >= 4 is 17.7 Å². The first-order valence-corrected chi connectivity index (χ1v) is 11.2. The number of amides is 1. The Hall–Kier alpha value is -2.53. The highest BCUT2D eigenvalue weighted by atomic mass is 32.2. The van der Waals surface area contributed by atoms with E-state index in [4.69, 9.17) is 9.40 Å². The van der Waals surface area contributed by atoms with Gasteiger partial charge in [0.2, 0.25) is 5.91 Å². The Morgan fingerprint density at radius 3 is 2.28 bits per heavy atom. The molecule has 1 aliphatic rings. The molecule has 1 aromatic heterocycles. The molecule has 0 aliphatic heterocycles. The van der Waals surface area contributed by atoms with Gasteiger partial charge in [-0.3, -0.25) is 4.79 Å². The molecule has 3 aromatic rings. The van der Waals surface area contributed by atoms with Crippen LogP contribution in [-0.4, -0.2) is 34.6 Å². The minimum absolute atomic E-state index is 0.141. The molecule has 4 nitrogen and oxygen atoms in total. The molecule has 0 saturated heterocycles. The molecule has 1 fully saturated rings. The van der Waals surface area contributed by atoms with Crippen molar-refractivity contribution in [1.82, 2.24) is 9.88 Å². The van der Waals surface area contributed by atoms with Gasteiger partial charge in [-0.25, -0.2) is 4.98 Å². The number of oxazole rings is 1. The van der Waals surface area contributed by atoms with Gasteiger partial charge in [0.25, 0.3) is 5.22 Å². The van der Waals surface area contributed by atoms with Crippen LogP contribution >= 0.6 is 11.8 Å². The fourth-order valence-electron chi connectivity index (χ4n) is 3.84. The van der Waals surface area contributed by atoms with Crippen LogP contribution in [0.3, 0.4) is 0 Å². The lowest BCUT2D eigenvalue weighted by Crippen LogP contribution is -2.39. The Labute approximate surface area is 176 Å². The van der Waals surface area contributed by atoms with E-state index in [0.717, 1.165) is 35.4 Å². The molecule has 0 spiro atoms. The Bertz CT molecular complexity index is 877. The van der Waals surface area contributed by atoms with Gasteiger partial charge in [0.15, 0.2) is 5.76 Å². The van der Waals surface area contributed by atoms with Gasteiger partial charge in [-0.1, -0.05) is 91.7 Å². The molecule has 0 atom stereocenters. The number of hydrogen-bond donors (Lipinski definition) is 0.